The van der Waals surface area contributed by atoms with Crippen molar-refractivity contribution in [3.63, 3.8) is 0 Å². The molecule has 0 radical (unpaired) electrons. The van der Waals surface area contributed by atoms with E-state index in [4.69, 9.17) is 19.9 Å². The molecule has 2 aliphatic rings. The number of esters is 1. The van der Waals surface area contributed by atoms with Crippen LogP contribution in [0.5, 0.6) is 0 Å². The number of rotatable bonds is 3. The van der Waals surface area contributed by atoms with Gasteiger partial charge in [0.15, 0.2) is 6.29 Å². The van der Waals surface area contributed by atoms with Gasteiger partial charge in [-0.2, -0.15) is 0 Å². The summed E-state index contributed by atoms with van der Waals surface area (Å²) in [6.45, 7) is 13.3. The van der Waals surface area contributed by atoms with E-state index >= 15 is 0 Å². The molecular weight excluding hydrogens is 482 g/mol. The first-order valence-electron chi connectivity index (χ1n) is 13.6. The van der Waals surface area contributed by atoms with Gasteiger partial charge >= 0.3 is 5.97 Å². The zero-order valence-corrected chi connectivity index (χ0v) is 23.5. The predicted octanol–water partition coefficient (Wildman–Crippen LogP) is 1.14. The third-order valence-electron chi connectivity index (χ3n) is 8.54. The number of hydrogen-bond acceptors (Lipinski definition) is 10. The lowest BCUT2D eigenvalue weighted by atomic mass is 9.75. The first kappa shape index (κ1) is 32.1. The number of aliphatic hydroxyl groups excluding tert-OH is 3. The third-order valence-corrected chi connectivity index (χ3v) is 8.54. The molecule has 2 rings (SSSR count). The van der Waals surface area contributed by atoms with Crippen LogP contribution in [-0.2, 0) is 23.8 Å². The van der Waals surface area contributed by atoms with Crippen molar-refractivity contribution in [3.8, 4) is 0 Å². The molecule has 2 aliphatic heterocycles. The molecule has 4 unspecified atom stereocenters. The molecule has 0 amide bonds. The standard InChI is InChI=1S/C27H49NO9/c1-9-19-13(3)22(30)14(4)21(29)12(2)11-27(8,34)25(32)15(5)24(16(6)26(33)36-19)37-20-10-18(28)23(31)17(7)35-20/h12-20,22-25,30-32,34H,9-11,28H2,1-8H3/t12-,13+,14+,15+,16-,17?,18?,19-,20?,22+,23?,24+,25-,27-/m1/s1. The Morgan fingerprint density at radius 2 is 1.59 bits per heavy atom. The van der Waals surface area contributed by atoms with Crippen LogP contribution >= 0.6 is 0 Å². The molecule has 6 N–H and O–H groups in total. The van der Waals surface area contributed by atoms with Crippen LogP contribution in [0, 0.1) is 29.6 Å². The van der Waals surface area contributed by atoms with E-state index in [2.05, 4.69) is 0 Å². The lowest BCUT2D eigenvalue weighted by Gasteiger charge is -2.43. The predicted molar refractivity (Wildman–Crippen MR) is 136 cm³/mol. The van der Waals surface area contributed by atoms with Crippen LogP contribution in [-0.4, -0.2) is 86.7 Å². The maximum absolute atomic E-state index is 13.3. The number of ketones is 1. The van der Waals surface area contributed by atoms with Crippen LogP contribution in [0.1, 0.15) is 74.7 Å². The second-order valence-electron chi connectivity index (χ2n) is 11.7. The molecule has 0 saturated carbocycles. The smallest absolute Gasteiger partial charge is 0.311 e. The number of carbonyl (C=O) groups excluding carboxylic acids is 2. The lowest BCUT2D eigenvalue weighted by Crippen LogP contribution is -2.55. The highest BCUT2D eigenvalue weighted by molar-refractivity contribution is 5.83. The summed E-state index contributed by atoms with van der Waals surface area (Å²) >= 11 is 0. The molecule has 0 aliphatic carbocycles. The summed E-state index contributed by atoms with van der Waals surface area (Å²) in [5.41, 5.74) is 4.37. The Morgan fingerprint density at radius 3 is 2.14 bits per heavy atom. The Labute approximate surface area is 220 Å². The molecule has 2 saturated heterocycles. The maximum Gasteiger partial charge on any atom is 0.311 e. The van der Waals surface area contributed by atoms with Crippen molar-refractivity contribution in [1.29, 1.82) is 0 Å². The van der Waals surface area contributed by atoms with E-state index in [1.54, 1.807) is 41.5 Å². The fraction of sp³-hybridized carbons (Fsp3) is 0.926. The monoisotopic (exact) mass is 531 g/mol. The number of nitrogens with two attached hydrogens (primary N) is 1. The summed E-state index contributed by atoms with van der Waals surface area (Å²) in [6, 6.07) is -0.599. The Balaban J connectivity index is 2.46. The largest absolute Gasteiger partial charge is 0.462 e. The van der Waals surface area contributed by atoms with Crippen molar-refractivity contribution in [2.75, 3.05) is 0 Å². The molecule has 0 spiro atoms. The molecule has 10 nitrogen and oxygen atoms in total. The number of ether oxygens (including phenoxy) is 3. The summed E-state index contributed by atoms with van der Waals surface area (Å²) in [6.07, 6.45) is -5.77. The highest BCUT2D eigenvalue weighted by Gasteiger charge is 2.47. The average molecular weight is 532 g/mol. The van der Waals surface area contributed by atoms with Crippen LogP contribution in [0.3, 0.4) is 0 Å². The quantitative estimate of drug-likeness (QED) is 0.333. The molecule has 10 heteroatoms. The van der Waals surface area contributed by atoms with Crippen molar-refractivity contribution in [3.05, 3.63) is 0 Å². The van der Waals surface area contributed by atoms with Crippen LogP contribution < -0.4 is 5.73 Å². The summed E-state index contributed by atoms with van der Waals surface area (Å²) in [5, 5.41) is 43.7. The number of hydrogen-bond donors (Lipinski definition) is 5. The number of Topliss-reactive ketones (excluding diaryl/α,β-unsaturated/α-hetero) is 1. The molecule has 0 aromatic heterocycles. The summed E-state index contributed by atoms with van der Waals surface area (Å²) in [5.74, 6) is -4.38. The van der Waals surface area contributed by atoms with E-state index in [9.17, 15) is 30.0 Å². The SMILES string of the molecule is CC[C@H]1OC(=O)[C@H](C)[C@@H](OC2CC(N)C(O)C(C)O2)[C@H](C)[C@@H](O)[C@](C)(O)C[C@@H](C)C(=O)[C@H](C)[C@@H](O)[C@H]1C. The van der Waals surface area contributed by atoms with Gasteiger partial charge in [0.2, 0.25) is 0 Å². The first-order valence-corrected chi connectivity index (χ1v) is 13.6. The number of carbonyl (C=O) groups is 2. The van der Waals surface area contributed by atoms with Gasteiger partial charge in [0, 0.05) is 36.1 Å². The Morgan fingerprint density at radius 1 is 1.00 bits per heavy atom. The summed E-state index contributed by atoms with van der Waals surface area (Å²) in [4.78, 5) is 26.5. The Bertz CT molecular complexity index is 765. The van der Waals surface area contributed by atoms with Crippen LogP contribution in [0.4, 0.5) is 0 Å². The Kier molecular flexibility index (Phi) is 11.1. The van der Waals surface area contributed by atoms with E-state index in [0.717, 1.165) is 0 Å². The van der Waals surface area contributed by atoms with E-state index in [0.29, 0.717) is 6.42 Å². The molecule has 14 atom stereocenters. The van der Waals surface area contributed by atoms with Crippen LogP contribution in [0.25, 0.3) is 0 Å². The van der Waals surface area contributed by atoms with E-state index in [-0.39, 0.29) is 18.6 Å². The minimum absolute atomic E-state index is 0.0421. The van der Waals surface area contributed by atoms with Crippen LogP contribution in [0.2, 0.25) is 0 Å². The molecule has 2 fully saturated rings. The van der Waals surface area contributed by atoms with Gasteiger partial charge in [0.25, 0.3) is 0 Å². The normalized spacial score (nSPS) is 49.3. The highest BCUT2D eigenvalue weighted by Crippen LogP contribution is 2.35. The van der Waals surface area contributed by atoms with Crippen molar-refractivity contribution in [2.45, 2.75) is 129 Å². The fourth-order valence-electron chi connectivity index (χ4n) is 5.88. The Hall–Kier alpha value is -1.14. The summed E-state index contributed by atoms with van der Waals surface area (Å²) < 4.78 is 17.8. The second-order valence-corrected chi connectivity index (χ2v) is 11.7. The molecule has 0 aromatic carbocycles. The molecule has 37 heavy (non-hydrogen) atoms. The van der Waals surface area contributed by atoms with Gasteiger partial charge < -0.3 is 40.4 Å². The van der Waals surface area contributed by atoms with Gasteiger partial charge in [-0.1, -0.05) is 34.6 Å². The van der Waals surface area contributed by atoms with Gasteiger partial charge in [0.05, 0.1) is 42.0 Å². The third kappa shape index (κ3) is 7.29. The van der Waals surface area contributed by atoms with Crippen molar-refractivity contribution < 1.29 is 44.2 Å². The van der Waals surface area contributed by atoms with Crippen LogP contribution in [0.15, 0.2) is 0 Å². The second kappa shape index (κ2) is 12.8. The highest BCUT2D eigenvalue weighted by atomic mass is 16.7. The zero-order valence-electron chi connectivity index (χ0n) is 23.5. The van der Waals surface area contributed by atoms with Gasteiger partial charge in [-0.3, -0.25) is 9.59 Å². The van der Waals surface area contributed by atoms with Gasteiger partial charge in [0.1, 0.15) is 11.9 Å². The van der Waals surface area contributed by atoms with Crippen molar-refractivity contribution in [2.24, 2.45) is 35.3 Å². The maximum atomic E-state index is 13.3. The van der Waals surface area contributed by atoms with Gasteiger partial charge in [-0.25, -0.2) is 0 Å². The summed E-state index contributed by atoms with van der Waals surface area (Å²) in [7, 11) is 0. The van der Waals surface area contributed by atoms with Crippen molar-refractivity contribution in [1.82, 2.24) is 0 Å². The van der Waals surface area contributed by atoms with Crippen molar-refractivity contribution >= 4 is 11.8 Å². The van der Waals surface area contributed by atoms with Gasteiger partial charge in [-0.05, 0) is 33.6 Å². The molecular formula is C27H49NO9. The molecule has 0 bridgehead atoms. The minimum atomic E-state index is -1.70. The van der Waals surface area contributed by atoms with Gasteiger partial charge in [-0.15, -0.1) is 0 Å². The first-order chi connectivity index (χ1) is 17.0. The fourth-order valence-corrected chi connectivity index (χ4v) is 5.88. The lowest BCUT2D eigenvalue weighted by molar-refractivity contribution is -0.260. The topological polar surface area (TPSA) is 169 Å². The van der Waals surface area contributed by atoms with E-state index in [1.807, 2.05) is 6.92 Å². The minimum Gasteiger partial charge on any atom is -0.462 e. The molecule has 0 aromatic rings. The van der Waals surface area contributed by atoms with E-state index < -0.39 is 90.1 Å². The number of aliphatic hydroxyl groups is 4. The molecule has 216 valence electrons. The number of cyclic esters (lactones) is 1. The average Bonchev–Trinajstić information content (AvgIpc) is 2.84. The molecule has 2 heterocycles. The van der Waals surface area contributed by atoms with E-state index in [1.165, 1.54) is 6.92 Å². The zero-order chi connectivity index (χ0) is 28.4.